The van der Waals surface area contributed by atoms with Crippen LogP contribution in [0.3, 0.4) is 0 Å². The molecule has 1 aromatic carbocycles. The minimum Gasteiger partial charge on any atom is -0.486 e. The number of hydrogen-bond donors (Lipinski definition) is 1. The van der Waals surface area contributed by atoms with Gasteiger partial charge >= 0.3 is 0 Å². The van der Waals surface area contributed by atoms with Crippen molar-refractivity contribution >= 4 is 5.69 Å². The monoisotopic (exact) mass is 274 g/mol. The number of nitrogens with one attached hydrogen (secondary N) is 1. The largest absolute Gasteiger partial charge is 0.486 e. The van der Waals surface area contributed by atoms with E-state index >= 15 is 0 Å². The van der Waals surface area contributed by atoms with Crippen LogP contribution in [-0.4, -0.2) is 32.3 Å². The Kier molecular flexibility index (Phi) is 4.16. The molecule has 2 aliphatic rings. The Morgan fingerprint density at radius 3 is 2.65 bits per heavy atom. The molecule has 3 rings (SSSR count). The van der Waals surface area contributed by atoms with E-state index in [2.05, 4.69) is 36.2 Å². The van der Waals surface area contributed by atoms with Crippen molar-refractivity contribution in [3.8, 4) is 5.75 Å². The molecule has 1 atom stereocenters. The van der Waals surface area contributed by atoms with Crippen LogP contribution in [0, 0.1) is 0 Å². The summed E-state index contributed by atoms with van der Waals surface area (Å²) in [5, 5.41) is 3.49. The molecule has 0 unspecified atom stereocenters. The van der Waals surface area contributed by atoms with Gasteiger partial charge in [-0.25, -0.2) is 0 Å². The van der Waals surface area contributed by atoms with E-state index in [4.69, 9.17) is 4.74 Å². The van der Waals surface area contributed by atoms with Gasteiger partial charge in [-0.1, -0.05) is 13.8 Å². The molecular formula is C17H26N2O. The Morgan fingerprint density at radius 1 is 1.20 bits per heavy atom. The van der Waals surface area contributed by atoms with Crippen molar-refractivity contribution < 1.29 is 4.74 Å². The van der Waals surface area contributed by atoms with Crippen LogP contribution in [0.15, 0.2) is 12.1 Å². The summed E-state index contributed by atoms with van der Waals surface area (Å²) in [6, 6.07) is 4.70. The Hall–Kier alpha value is -1.22. The van der Waals surface area contributed by atoms with Gasteiger partial charge in [0.25, 0.3) is 0 Å². The van der Waals surface area contributed by atoms with Gasteiger partial charge in [-0.15, -0.1) is 0 Å². The molecule has 0 radical (unpaired) electrons. The highest BCUT2D eigenvalue weighted by Gasteiger charge is 2.25. The maximum atomic E-state index is 6.20. The summed E-state index contributed by atoms with van der Waals surface area (Å²) in [5.74, 6) is 1.11. The van der Waals surface area contributed by atoms with E-state index < -0.39 is 0 Å². The third-order valence-electron chi connectivity index (χ3n) is 4.43. The van der Waals surface area contributed by atoms with Gasteiger partial charge in [0.05, 0.1) is 12.2 Å². The van der Waals surface area contributed by atoms with Crippen molar-refractivity contribution in [2.45, 2.75) is 45.6 Å². The molecule has 20 heavy (non-hydrogen) atoms. The Morgan fingerprint density at radius 2 is 1.95 bits per heavy atom. The zero-order valence-electron chi connectivity index (χ0n) is 12.7. The number of hydrogen-bond acceptors (Lipinski definition) is 3. The molecule has 0 aromatic heterocycles. The number of nitrogens with zero attached hydrogens (tertiary/aromatic N) is 1. The molecule has 3 nitrogen and oxygen atoms in total. The first-order valence-electron chi connectivity index (χ1n) is 8.10. The van der Waals surface area contributed by atoms with E-state index in [1.165, 1.54) is 23.2 Å². The van der Waals surface area contributed by atoms with Crippen molar-refractivity contribution in [2.75, 3.05) is 31.1 Å². The molecular weight excluding hydrogens is 248 g/mol. The molecule has 0 bridgehead atoms. The molecule has 0 amide bonds. The number of ether oxygens (including phenoxy) is 1. The Bertz CT molecular complexity index is 472. The minimum absolute atomic E-state index is 0.344. The lowest BCUT2D eigenvalue weighted by Gasteiger charge is -2.36. The average Bonchev–Trinajstić information content (AvgIpc) is 2.70. The summed E-state index contributed by atoms with van der Waals surface area (Å²) in [5.41, 5.74) is 4.30. The first-order valence-corrected chi connectivity index (χ1v) is 8.10. The molecule has 0 saturated heterocycles. The highest BCUT2D eigenvalue weighted by atomic mass is 16.5. The SMILES string of the molecule is CCCN1C[C@@H](CC)Oc2cc3c(cc21)CCNCC3. The first-order chi connectivity index (χ1) is 9.81. The fourth-order valence-corrected chi connectivity index (χ4v) is 3.29. The number of rotatable bonds is 3. The summed E-state index contributed by atoms with van der Waals surface area (Å²) in [7, 11) is 0. The normalized spacial score (nSPS) is 21.7. The second kappa shape index (κ2) is 6.04. The molecule has 0 aliphatic carbocycles. The van der Waals surface area contributed by atoms with Gasteiger partial charge < -0.3 is 15.0 Å². The Balaban J connectivity index is 1.97. The third-order valence-corrected chi connectivity index (χ3v) is 4.43. The second-order valence-corrected chi connectivity index (χ2v) is 5.93. The zero-order valence-corrected chi connectivity index (χ0v) is 12.7. The van der Waals surface area contributed by atoms with Crippen molar-refractivity contribution in [3.05, 3.63) is 23.3 Å². The quantitative estimate of drug-likeness (QED) is 0.917. The van der Waals surface area contributed by atoms with E-state index in [9.17, 15) is 0 Å². The average molecular weight is 274 g/mol. The van der Waals surface area contributed by atoms with Crippen LogP contribution < -0.4 is 15.0 Å². The van der Waals surface area contributed by atoms with Crippen LogP contribution in [0.5, 0.6) is 5.75 Å². The van der Waals surface area contributed by atoms with Crippen LogP contribution in [0.4, 0.5) is 5.69 Å². The van der Waals surface area contributed by atoms with Crippen molar-refractivity contribution in [2.24, 2.45) is 0 Å². The maximum Gasteiger partial charge on any atom is 0.143 e. The molecule has 1 N–H and O–H groups in total. The van der Waals surface area contributed by atoms with Crippen LogP contribution in [0.25, 0.3) is 0 Å². The first kappa shape index (κ1) is 13.7. The topological polar surface area (TPSA) is 24.5 Å². The Labute approximate surface area is 122 Å². The van der Waals surface area contributed by atoms with Gasteiger partial charge in [0.1, 0.15) is 11.9 Å². The molecule has 0 fully saturated rings. The lowest BCUT2D eigenvalue weighted by Crippen LogP contribution is -2.40. The van der Waals surface area contributed by atoms with Gasteiger partial charge in [-0.3, -0.25) is 0 Å². The van der Waals surface area contributed by atoms with Gasteiger partial charge in [-0.2, -0.15) is 0 Å². The van der Waals surface area contributed by atoms with Crippen molar-refractivity contribution in [3.63, 3.8) is 0 Å². The number of anilines is 1. The highest BCUT2D eigenvalue weighted by Crippen LogP contribution is 2.37. The van der Waals surface area contributed by atoms with Crippen molar-refractivity contribution in [1.82, 2.24) is 5.32 Å². The van der Waals surface area contributed by atoms with E-state index in [1.807, 2.05) is 0 Å². The van der Waals surface area contributed by atoms with Gasteiger partial charge in [0, 0.05) is 6.54 Å². The summed E-state index contributed by atoms with van der Waals surface area (Å²) < 4.78 is 6.20. The summed E-state index contributed by atoms with van der Waals surface area (Å²) in [6.45, 7) is 8.81. The fraction of sp³-hybridized carbons (Fsp3) is 0.647. The van der Waals surface area contributed by atoms with E-state index in [1.54, 1.807) is 0 Å². The van der Waals surface area contributed by atoms with Gasteiger partial charge in [-0.05, 0) is 62.0 Å². The van der Waals surface area contributed by atoms with E-state index in [0.717, 1.165) is 51.2 Å². The second-order valence-electron chi connectivity index (χ2n) is 5.93. The summed E-state index contributed by atoms with van der Waals surface area (Å²) >= 11 is 0. The standard InChI is InChI=1S/C17H26N2O/c1-3-9-19-12-15(4-2)20-17-11-14-6-8-18-7-5-13(14)10-16(17)19/h10-11,15,18H,3-9,12H2,1-2H3/t15-/m1/s1. The zero-order chi connectivity index (χ0) is 13.9. The lowest BCUT2D eigenvalue weighted by molar-refractivity contribution is 0.189. The maximum absolute atomic E-state index is 6.20. The fourth-order valence-electron chi connectivity index (χ4n) is 3.29. The smallest absolute Gasteiger partial charge is 0.143 e. The molecule has 0 saturated carbocycles. The summed E-state index contributed by atoms with van der Waals surface area (Å²) in [4.78, 5) is 2.52. The highest BCUT2D eigenvalue weighted by molar-refractivity contribution is 5.64. The minimum atomic E-state index is 0.344. The lowest BCUT2D eigenvalue weighted by atomic mass is 9.99. The van der Waals surface area contributed by atoms with Crippen LogP contribution in [0.1, 0.15) is 37.8 Å². The predicted molar refractivity (Wildman–Crippen MR) is 83.9 cm³/mol. The molecule has 2 heterocycles. The molecule has 110 valence electrons. The van der Waals surface area contributed by atoms with Gasteiger partial charge in [0.15, 0.2) is 0 Å². The number of fused-ring (bicyclic) bond motifs is 2. The van der Waals surface area contributed by atoms with Crippen molar-refractivity contribution in [1.29, 1.82) is 0 Å². The van der Waals surface area contributed by atoms with Crippen LogP contribution >= 0.6 is 0 Å². The van der Waals surface area contributed by atoms with Crippen LogP contribution in [0.2, 0.25) is 0 Å². The molecule has 2 aliphatic heterocycles. The molecule has 3 heteroatoms. The number of benzene rings is 1. The summed E-state index contributed by atoms with van der Waals surface area (Å²) in [6.07, 6.45) is 4.87. The van der Waals surface area contributed by atoms with E-state index in [-0.39, 0.29) is 0 Å². The van der Waals surface area contributed by atoms with Crippen LogP contribution in [-0.2, 0) is 12.8 Å². The predicted octanol–water partition coefficient (Wildman–Crippen LogP) is 2.76. The van der Waals surface area contributed by atoms with Gasteiger partial charge in [0.2, 0.25) is 0 Å². The third kappa shape index (κ3) is 2.64. The molecule has 0 spiro atoms. The van der Waals surface area contributed by atoms with E-state index in [0.29, 0.717) is 6.10 Å². The molecule has 1 aromatic rings.